The molecule has 0 bridgehead atoms. The van der Waals surface area contributed by atoms with Crippen LogP contribution in [0.5, 0.6) is 5.75 Å². The van der Waals surface area contributed by atoms with Gasteiger partial charge in [-0.15, -0.1) is 4.40 Å². The fraction of sp³-hybridized carbons (Fsp3) is 0.0500. The molecule has 0 aliphatic carbocycles. The summed E-state index contributed by atoms with van der Waals surface area (Å²) < 4.78 is 58.5. The van der Waals surface area contributed by atoms with Gasteiger partial charge in [-0.3, -0.25) is 0 Å². The Morgan fingerprint density at radius 1 is 0.893 bits per heavy atom. The van der Waals surface area contributed by atoms with Gasteiger partial charge in [-0.05, 0) is 24.3 Å². The Morgan fingerprint density at radius 3 is 2.18 bits per heavy atom. The SMILES string of the molecule is O=S(=O)(/N=C(/Nc1cccc(OC(F)F)c1)c1ccccc1)c1ccccc1. The van der Waals surface area contributed by atoms with Crippen LogP contribution in [0, 0.1) is 0 Å². The summed E-state index contributed by atoms with van der Waals surface area (Å²) in [6.45, 7) is -2.96. The van der Waals surface area contributed by atoms with E-state index in [9.17, 15) is 17.2 Å². The Labute approximate surface area is 161 Å². The van der Waals surface area contributed by atoms with Gasteiger partial charge in [-0.2, -0.15) is 17.2 Å². The molecule has 1 N–H and O–H groups in total. The first-order chi connectivity index (χ1) is 13.4. The van der Waals surface area contributed by atoms with Gasteiger partial charge in [0.2, 0.25) is 0 Å². The molecule has 3 rings (SSSR count). The number of benzene rings is 3. The van der Waals surface area contributed by atoms with Crippen LogP contribution >= 0.6 is 0 Å². The van der Waals surface area contributed by atoms with Crippen molar-refractivity contribution < 1.29 is 21.9 Å². The maximum Gasteiger partial charge on any atom is 0.387 e. The minimum Gasteiger partial charge on any atom is -0.435 e. The van der Waals surface area contributed by atoms with E-state index >= 15 is 0 Å². The molecule has 0 saturated heterocycles. The largest absolute Gasteiger partial charge is 0.435 e. The number of halogens is 2. The van der Waals surface area contributed by atoms with Gasteiger partial charge in [0.25, 0.3) is 10.0 Å². The molecule has 0 radical (unpaired) electrons. The molecule has 3 aromatic rings. The van der Waals surface area contributed by atoms with Gasteiger partial charge in [0.1, 0.15) is 5.75 Å². The molecule has 0 atom stereocenters. The van der Waals surface area contributed by atoms with Gasteiger partial charge in [0, 0.05) is 17.3 Å². The fourth-order valence-electron chi connectivity index (χ4n) is 2.40. The van der Waals surface area contributed by atoms with E-state index in [0.717, 1.165) is 0 Å². The minimum absolute atomic E-state index is 0.0417. The summed E-state index contributed by atoms with van der Waals surface area (Å²) in [6.07, 6.45) is 0. The van der Waals surface area contributed by atoms with E-state index in [1.807, 2.05) is 0 Å². The quantitative estimate of drug-likeness (QED) is 0.486. The molecule has 0 aliphatic heterocycles. The maximum absolute atomic E-state index is 12.7. The highest BCUT2D eigenvalue weighted by atomic mass is 32.2. The summed E-state index contributed by atoms with van der Waals surface area (Å²) in [4.78, 5) is 0.0417. The predicted octanol–water partition coefficient (Wildman–Crippen LogP) is 4.54. The number of amidine groups is 1. The number of nitrogens with one attached hydrogen (secondary N) is 1. The van der Waals surface area contributed by atoms with Crippen LogP contribution < -0.4 is 10.1 Å². The number of alkyl halides is 2. The van der Waals surface area contributed by atoms with Crippen molar-refractivity contribution in [2.45, 2.75) is 11.5 Å². The maximum atomic E-state index is 12.7. The molecule has 0 heterocycles. The van der Waals surface area contributed by atoms with E-state index in [1.54, 1.807) is 54.6 Å². The number of nitrogens with zero attached hydrogens (tertiary/aromatic N) is 1. The lowest BCUT2D eigenvalue weighted by Gasteiger charge is -2.12. The second-order valence-electron chi connectivity index (χ2n) is 5.63. The average Bonchev–Trinajstić information content (AvgIpc) is 2.68. The zero-order chi connectivity index (χ0) is 20.0. The molecule has 5 nitrogen and oxygen atoms in total. The van der Waals surface area contributed by atoms with Crippen LogP contribution in [0.15, 0.2) is 94.2 Å². The van der Waals surface area contributed by atoms with Crippen LogP contribution in [-0.2, 0) is 10.0 Å². The van der Waals surface area contributed by atoms with Gasteiger partial charge >= 0.3 is 6.61 Å². The molecule has 0 aliphatic rings. The molecule has 8 heteroatoms. The Balaban J connectivity index is 2.00. The summed E-state index contributed by atoms with van der Waals surface area (Å²) in [7, 11) is -3.98. The second kappa shape index (κ2) is 8.62. The Kier molecular flexibility index (Phi) is 6.00. The van der Waals surface area contributed by atoms with Crippen LogP contribution in [-0.4, -0.2) is 20.9 Å². The smallest absolute Gasteiger partial charge is 0.387 e. The third-order valence-electron chi connectivity index (χ3n) is 3.62. The van der Waals surface area contributed by atoms with Crippen molar-refractivity contribution in [3.63, 3.8) is 0 Å². The summed E-state index contributed by atoms with van der Waals surface area (Å²) in [5, 5.41) is 2.88. The molecule has 144 valence electrons. The Bertz CT molecular complexity index is 1060. The third kappa shape index (κ3) is 5.14. The summed E-state index contributed by atoms with van der Waals surface area (Å²) in [6, 6.07) is 22.2. The molecule has 0 unspecified atom stereocenters. The molecule has 28 heavy (non-hydrogen) atoms. The zero-order valence-corrected chi connectivity index (χ0v) is 15.3. The average molecular weight is 402 g/mol. The van der Waals surface area contributed by atoms with Crippen molar-refractivity contribution in [3.8, 4) is 5.75 Å². The lowest BCUT2D eigenvalue weighted by Crippen LogP contribution is -2.16. The standard InChI is InChI=1S/C20H16F2N2O3S/c21-20(22)27-17-11-7-10-16(14-17)23-19(15-8-3-1-4-9-15)24-28(25,26)18-12-5-2-6-13-18/h1-14,20H,(H,23,24). The van der Waals surface area contributed by atoms with Crippen molar-refractivity contribution in [2.24, 2.45) is 4.40 Å². The van der Waals surface area contributed by atoms with Crippen LogP contribution in [0.25, 0.3) is 0 Å². The van der Waals surface area contributed by atoms with Crippen LogP contribution in [0.1, 0.15) is 5.56 Å². The van der Waals surface area contributed by atoms with E-state index in [4.69, 9.17) is 0 Å². The topological polar surface area (TPSA) is 67.8 Å². The van der Waals surface area contributed by atoms with E-state index in [1.165, 1.54) is 30.3 Å². The molecular formula is C20H16F2N2O3S. The van der Waals surface area contributed by atoms with Crippen molar-refractivity contribution in [3.05, 3.63) is 90.5 Å². The predicted molar refractivity (Wildman–Crippen MR) is 103 cm³/mol. The van der Waals surface area contributed by atoms with Gasteiger partial charge in [-0.1, -0.05) is 54.6 Å². The van der Waals surface area contributed by atoms with Crippen LogP contribution in [0.2, 0.25) is 0 Å². The van der Waals surface area contributed by atoms with Gasteiger partial charge in [0.05, 0.1) is 4.90 Å². The minimum atomic E-state index is -3.98. The molecule has 0 fully saturated rings. The summed E-state index contributed by atoms with van der Waals surface area (Å²) in [5.41, 5.74) is 0.867. The van der Waals surface area contributed by atoms with E-state index in [0.29, 0.717) is 11.3 Å². The van der Waals surface area contributed by atoms with Crippen molar-refractivity contribution in [1.82, 2.24) is 0 Å². The van der Waals surface area contributed by atoms with Crippen LogP contribution in [0.3, 0.4) is 0 Å². The second-order valence-corrected chi connectivity index (χ2v) is 7.23. The van der Waals surface area contributed by atoms with Crippen molar-refractivity contribution >= 4 is 21.5 Å². The highest BCUT2D eigenvalue weighted by molar-refractivity contribution is 7.90. The highest BCUT2D eigenvalue weighted by Gasteiger charge is 2.16. The lowest BCUT2D eigenvalue weighted by molar-refractivity contribution is -0.0498. The number of anilines is 1. The van der Waals surface area contributed by atoms with Gasteiger partial charge < -0.3 is 10.1 Å². The normalized spacial score (nSPS) is 12.0. The third-order valence-corrected chi connectivity index (χ3v) is 4.91. The fourth-order valence-corrected chi connectivity index (χ4v) is 3.39. The Hall–Kier alpha value is -3.26. The molecular weight excluding hydrogens is 386 g/mol. The number of rotatable bonds is 6. The highest BCUT2D eigenvalue weighted by Crippen LogP contribution is 2.21. The summed E-state index contributed by atoms with van der Waals surface area (Å²) >= 11 is 0. The molecule has 0 spiro atoms. The first kappa shape index (κ1) is 19.5. The number of hydrogen-bond donors (Lipinski definition) is 1. The molecule has 3 aromatic carbocycles. The summed E-state index contributed by atoms with van der Waals surface area (Å²) in [5.74, 6) is -0.00280. The lowest BCUT2D eigenvalue weighted by atomic mass is 10.2. The number of sulfonamides is 1. The molecule has 0 amide bonds. The van der Waals surface area contributed by atoms with E-state index in [-0.39, 0.29) is 16.5 Å². The number of hydrogen-bond acceptors (Lipinski definition) is 3. The Morgan fingerprint density at radius 2 is 1.54 bits per heavy atom. The van der Waals surface area contributed by atoms with E-state index in [2.05, 4.69) is 14.5 Å². The van der Waals surface area contributed by atoms with Crippen LogP contribution in [0.4, 0.5) is 14.5 Å². The molecule has 0 saturated carbocycles. The van der Waals surface area contributed by atoms with Gasteiger partial charge in [0.15, 0.2) is 5.84 Å². The van der Waals surface area contributed by atoms with Crippen molar-refractivity contribution in [2.75, 3.05) is 5.32 Å². The zero-order valence-electron chi connectivity index (χ0n) is 14.5. The molecule has 0 aromatic heterocycles. The first-order valence-corrected chi connectivity index (χ1v) is 9.65. The van der Waals surface area contributed by atoms with E-state index < -0.39 is 16.6 Å². The van der Waals surface area contributed by atoms with Crippen molar-refractivity contribution in [1.29, 1.82) is 0 Å². The monoisotopic (exact) mass is 402 g/mol. The number of ether oxygens (including phenoxy) is 1. The first-order valence-electron chi connectivity index (χ1n) is 8.21. The van der Waals surface area contributed by atoms with Gasteiger partial charge in [-0.25, -0.2) is 0 Å².